The van der Waals surface area contributed by atoms with Crippen molar-refractivity contribution < 1.29 is 9.59 Å². The van der Waals surface area contributed by atoms with Gasteiger partial charge in [0.2, 0.25) is 12.2 Å². The van der Waals surface area contributed by atoms with Gasteiger partial charge in [0, 0.05) is 0 Å². The SMILES string of the molecule is CC1CC(N=C=O)CC(C)(C)C1N=C=O. The van der Waals surface area contributed by atoms with Crippen molar-refractivity contribution in [3.63, 3.8) is 0 Å². The van der Waals surface area contributed by atoms with Gasteiger partial charge in [-0.1, -0.05) is 20.8 Å². The average Bonchev–Trinajstić information content (AvgIpc) is 2.11. The minimum absolute atomic E-state index is 0.0191. The van der Waals surface area contributed by atoms with E-state index in [9.17, 15) is 9.59 Å². The Kier molecular flexibility index (Phi) is 3.57. The third kappa shape index (κ3) is 2.62. The van der Waals surface area contributed by atoms with Gasteiger partial charge in [0.25, 0.3) is 0 Å². The minimum atomic E-state index is -0.111. The molecule has 1 rings (SSSR count). The zero-order valence-corrected chi connectivity index (χ0v) is 9.36. The van der Waals surface area contributed by atoms with E-state index in [-0.39, 0.29) is 23.4 Å². The van der Waals surface area contributed by atoms with Crippen LogP contribution in [0.15, 0.2) is 9.98 Å². The van der Waals surface area contributed by atoms with Crippen LogP contribution in [0.1, 0.15) is 33.6 Å². The number of aliphatic imine (C=N–C) groups is 2. The highest BCUT2D eigenvalue weighted by molar-refractivity contribution is 5.35. The lowest BCUT2D eigenvalue weighted by atomic mass is 9.67. The molecule has 15 heavy (non-hydrogen) atoms. The molecule has 0 heterocycles. The van der Waals surface area contributed by atoms with E-state index in [0.717, 1.165) is 12.8 Å². The Balaban J connectivity index is 2.89. The minimum Gasteiger partial charge on any atom is -0.211 e. The summed E-state index contributed by atoms with van der Waals surface area (Å²) >= 11 is 0. The van der Waals surface area contributed by atoms with Gasteiger partial charge in [0.05, 0.1) is 12.1 Å². The lowest BCUT2D eigenvalue weighted by Gasteiger charge is -2.41. The van der Waals surface area contributed by atoms with E-state index in [2.05, 4.69) is 9.98 Å². The van der Waals surface area contributed by atoms with E-state index in [0.29, 0.717) is 0 Å². The molecule has 0 aromatic heterocycles. The van der Waals surface area contributed by atoms with Gasteiger partial charge >= 0.3 is 0 Å². The van der Waals surface area contributed by atoms with Gasteiger partial charge in [-0.05, 0) is 24.2 Å². The number of hydrogen-bond donors (Lipinski definition) is 0. The Hall–Kier alpha value is -1.24. The molecule has 0 aromatic carbocycles. The van der Waals surface area contributed by atoms with Crippen molar-refractivity contribution in [1.29, 1.82) is 0 Å². The fraction of sp³-hybridized carbons (Fsp3) is 0.818. The highest BCUT2D eigenvalue weighted by Gasteiger charge is 2.41. The summed E-state index contributed by atoms with van der Waals surface area (Å²) in [5.41, 5.74) is -0.111. The van der Waals surface area contributed by atoms with E-state index >= 15 is 0 Å². The smallest absolute Gasteiger partial charge is 0.211 e. The molecule has 82 valence electrons. The van der Waals surface area contributed by atoms with E-state index in [1.165, 1.54) is 0 Å². The second kappa shape index (κ2) is 4.52. The van der Waals surface area contributed by atoms with Crippen LogP contribution in [-0.4, -0.2) is 24.2 Å². The van der Waals surface area contributed by atoms with Crippen LogP contribution in [0.5, 0.6) is 0 Å². The van der Waals surface area contributed by atoms with Crippen molar-refractivity contribution in [1.82, 2.24) is 0 Å². The first-order chi connectivity index (χ1) is 7.01. The quantitative estimate of drug-likeness (QED) is 0.513. The van der Waals surface area contributed by atoms with Crippen molar-refractivity contribution >= 4 is 12.2 Å². The lowest BCUT2D eigenvalue weighted by molar-refractivity contribution is 0.134. The van der Waals surface area contributed by atoms with Crippen LogP contribution >= 0.6 is 0 Å². The second-order valence-electron chi connectivity index (χ2n) is 4.95. The maximum Gasteiger partial charge on any atom is 0.235 e. The molecule has 1 aliphatic carbocycles. The molecular formula is C11H16N2O2. The topological polar surface area (TPSA) is 58.9 Å². The maximum atomic E-state index is 10.3. The lowest BCUT2D eigenvalue weighted by Crippen LogP contribution is -2.42. The van der Waals surface area contributed by atoms with Crippen molar-refractivity contribution in [3.8, 4) is 0 Å². The van der Waals surface area contributed by atoms with Crippen LogP contribution in [0.4, 0.5) is 0 Å². The number of carbonyl (C=O) groups excluding carboxylic acids is 2. The predicted octanol–water partition coefficient (Wildman–Crippen LogP) is 1.85. The Labute approximate surface area is 89.5 Å². The van der Waals surface area contributed by atoms with Gasteiger partial charge in [-0.15, -0.1) is 0 Å². The third-order valence-electron chi connectivity index (χ3n) is 3.17. The molecule has 3 atom stereocenters. The van der Waals surface area contributed by atoms with E-state index < -0.39 is 0 Å². The normalized spacial score (nSPS) is 33.7. The van der Waals surface area contributed by atoms with Crippen LogP contribution in [0.3, 0.4) is 0 Å². The first-order valence-electron chi connectivity index (χ1n) is 5.15. The zero-order valence-electron chi connectivity index (χ0n) is 9.36. The number of rotatable bonds is 2. The molecule has 0 aliphatic heterocycles. The molecule has 1 aliphatic rings. The largest absolute Gasteiger partial charge is 0.235 e. The van der Waals surface area contributed by atoms with Gasteiger partial charge in [-0.25, -0.2) is 19.6 Å². The summed E-state index contributed by atoms with van der Waals surface area (Å²) in [6.45, 7) is 6.11. The Morgan fingerprint density at radius 1 is 1.20 bits per heavy atom. The highest BCUT2D eigenvalue weighted by Crippen LogP contribution is 2.41. The standard InChI is InChI=1S/C11H16N2O2/c1-8-4-9(12-6-14)5-11(2,3)10(8)13-7-15/h8-10H,4-5H2,1-3H3. The average molecular weight is 208 g/mol. The van der Waals surface area contributed by atoms with Crippen LogP contribution in [0.2, 0.25) is 0 Å². The third-order valence-corrected chi connectivity index (χ3v) is 3.17. The first-order valence-corrected chi connectivity index (χ1v) is 5.15. The fourth-order valence-corrected chi connectivity index (χ4v) is 2.67. The molecule has 1 fully saturated rings. The van der Waals surface area contributed by atoms with E-state index in [4.69, 9.17) is 0 Å². The van der Waals surface area contributed by atoms with E-state index in [1.807, 2.05) is 20.8 Å². The molecule has 4 heteroatoms. The number of nitrogens with zero attached hydrogens (tertiary/aromatic N) is 2. The molecule has 1 saturated carbocycles. The Bertz CT molecular complexity index is 325. The second-order valence-corrected chi connectivity index (χ2v) is 4.95. The van der Waals surface area contributed by atoms with E-state index in [1.54, 1.807) is 12.2 Å². The zero-order chi connectivity index (χ0) is 11.5. The fourth-order valence-electron chi connectivity index (χ4n) is 2.67. The summed E-state index contributed by atoms with van der Waals surface area (Å²) in [5, 5.41) is 0. The molecule has 0 N–H and O–H groups in total. The molecule has 0 saturated heterocycles. The van der Waals surface area contributed by atoms with Gasteiger partial charge in [0.15, 0.2) is 0 Å². The Morgan fingerprint density at radius 2 is 1.80 bits per heavy atom. The van der Waals surface area contributed by atoms with Crippen LogP contribution < -0.4 is 0 Å². The van der Waals surface area contributed by atoms with Gasteiger partial charge in [-0.3, -0.25) is 0 Å². The first kappa shape index (κ1) is 11.8. The molecular weight excluding hydrogens is 192 g/mol. The van der Waals surface area contributed by atoms with Crippen molar-refractivity contribution in [2.45, 2.75) is 45.7 Å². The van der Waals surface area contributed by atoms with Crippen LogP contribution in [0, 0.1) is 11.3 Å². The number of hydrogen-bond acceptors (Lipinski definition) is 4. The van der Waals surface area contributed by atoms with Gasteiger partial charge in [-0.2, -0.15) is 0 Å². The molecule has 0 amide bonds. The monoisotopic (exact) mass is 208 g/mol. The molecule has 0 aromatic rings. The maximum absolute atomic E-state index is 10.3. The summed E-state index contributed by atoms with van der Waals surface area (Å²) in [5.74, 6) is 0.247. The number of isocyanates is 2. The molecule has 0 bridgehead atoms. The highest BCUT2D eigenvalue weighted by atomic mass is 16.1. The molecule has 0 spiro atoms. The van der Waals surface area contributed by atoms with Gasteiger partial charge < -0.3 is 0 Å². The molecule has 4 nitrogen and oxygen atoms in total. The molecule has 3 unspecified atom stereocenters. The summed E-state index contributed by atoms with van der Waals surface area (Å²) < 4.78 is 0. The van der Waals surface area contributed by atoms with Crippen molar-refractivity contribution in [3.05, 3.63) is 0 Å². The summed E-state index contributed by atoms with van der Waals surface area (Å²) in [4.78, 5) is 28.2. The van der Waals surface area contributed by atoms with Crippen molar-refractivity contribution in [2.75, 3.05) is 0 Å². The summed E-state index contributed by atoms with van der Waals surface area (Å²) in [7, 11) is 0. The predicted molar refractivity (Wildman–Crippen MR) is 56.0 cm³/mol. The molecule has 0 radical (unpaired) electrons. The van der Waals surface area contributed by atoms with Crippen molar-refractivity contribution in [2.24, 2.45) is 21.3 Å². The summed E-state index contributed by atoms with van der Waals surface area (Å²) in [6, 6.07) is -0.00120. The van der Waals surface area contributed by atoms with Crippen LogP contribution in [-0.2, 0) is 9.59 Å². The summed E-state index contributed by atoms with van der Waals surface area (Å²) in [6.07, 6.45) is 4.80. The van der Waals surface area contributed by atoms with Gasteiger partial charge in [0.1, 0.15) is 0 Å². The Morgan fingerprint density at radius 3 is 2.27 bits per heavy atom. The van der Waals surface area contributed by atoms with Crippen LogP contribution in [0.25, 0.3) is 0 Å².